The number of hydrogen-bond donors (Lipinski definition) is 1. The van der Waals surface area contributed by atoms with E-state index in [9.17, 15) is 4.79 Å². The van der Waals surface area contributed by atoms with E-state index in [1.807, 2.05) is 4.90 Å². The van der Waals surface area contributed by atoms with Crippen molar-refractivity contribution in [2.75, 3.05) is 19.6 Å². The van der Waals surface area contributed by atoms with Crippen LogP contribution < -0.4 is 5.32 Å². The average Bonchev–Trinajstić information content (AvgIpc) is 2.44. The first kappa shape index (κ1) is 8.81. The van der Waals surface area contributed by atoms with E-state index in [1.165, 1.54) is 0 Å². The molecule has 0 bridgehead atoms. The molecule has 0 aromatic carbocycles. The third-order valence-electron chi connectivity index (χ3n) is 2.74. The van der Waals surface area contributed by atoms with Crippen molar-refractivity contribution < 1.29 is 9.53 Å². The number of nitrogens with zero attached hydrogens (tertiary/aromatic N) is 1. The van der Waals surface area contributed by atoms with E-state index >= 15 is 0 Å². The Morgan fingerprint density at radius 3 is 3.31 bits per heavy atom. The fourth-order valence-electron chi connectivity index (χ4n) is 2.10. The van der Waals surface area contributed by atoms with Crippen LogP contribution in [0.5, 0.6) is 0 Å². The van der Waals surface area contributed by atoms with Gasteiger partial charge in [-0.25, -0.2) is 4.79 Å². The Morgan fingerprint density at radius 1 is 1.69 bits per heavy atom. The summed E-state index contributed by atoms with van der Waals surface area (Å²) in [6, 6.07) is 0.279. The Bertz CT molecular complexity index is 208. The third-order valence-corrected chi connectivity index (χ3v) is 2.74. The number of amides is 1. The van der Waals surface area contributed by atoms with Crippen LogP contribution in [0.3, 0.4) is 0 Å². The molecule has 0 spiro atoms. The highest BCUT2D eigenvalue weighted by Gasteiger charge is 2.42. The number of fused-ring (bicyclic) bond motifs is 1. The van der Waals surface area contributed by atoms with Crippen LogP contribution in [0.15, 0.2) is 0 Å². The van der Waals surface area contributed by atoms with Crippen LogP contribution in [0, 0.1) is 0 Å². The molecule has 2 aliphatic rings. The first-order valence-corrected chi connectivity index (χ1v) is 5.01. The maximum atomic E-state index is 11.4. The Hall–Kier alpha value is -0.770. The van der Waals surface area contributed by atoms with Crippen molar-refractivity contribution in [3.63, 3.8) is 0 Å². The van der Waals surface area contributed by atoms with Crippen molar-refractivity contribution in [3.05, 3.63) is 0 Å². The SMILES string of the molecule is CCCN1C(=O)OC2CCNCC21. The minimum Gasteiger partial charge on any atom is -0.444 e. The molecule has 0 aliphatic carbocycles. The molecule has 0 aromatic rings. The van der Waals surface area contributed by atoms with Crippen LogP contribution in [0.4, 0.5) is 4.79 Å². The molecule has 2 heterocycles. The number of nitrogens with one attached hydrogen (secondary N) is 1. The minimum atomic E-state index is -0.124. The average molecular weight is 184 g/mol. The summed E-state index contributed by atoms with van der Waals surface area (Å²) in [4.78, 5) is 13.3. The van der Waals surface area contributed by atoms with Crippen LogP contribution in [-0.2, 0) is 4.74 Å². The first-order valence-electron chi connectivity index (χ1n) is 5.01. The summed E-state index contributed by atoms with van der Waals surface area (Å²) in [7, 11) is 0. The second-order valence-corrected chi connectivity index (χ2v) is 3.68. The standard InChI is InChI=1S/C9H16N2O2/c1-2-5-11-7-6-10-4-3-8(7)13-9(11)12/h7-8,10H,2-6H2,1H3. The molecule has 2 saturated heterocycles. The molecule has 2 atom stereocenters. The van der Waals surface area contributed by atoms with Crippen molar-refractivity contribution in [2.24, 2.45) is 0 Å². The molecular weight excluding hydrogens is 168 g/mol. The van der Waals surface area contributed by atoms with Crippen molar-refractivity contribution >= 4 is 6.09 Å². The number of piperidine rings is 1. The Balaban J connectivity index is 2.04. The lowest BCUT2D eigenvalue weighted by Gasteiger charge is -2.28. The van der Waals surface area contributed by atoms with E-state index in [4.69, 9.17) is 4.74 Å². The van der Waals surface area contributed by atoms with E-state index in [-0.39, 0.29) is 18.2 Å². The normalized spacial score (nSPS) is 33.0. The fourth-order valence-corrected chi connectivity index (χ4v) is 2.10. The quantitative estimate of drug-likeness (QED) is 0.682. The molecule has 2 unspecified atom stereocenters. The van der Waals surface area contributed by atoms with Gasteiger partial charge in [0.15, 0.2) is 0 Å². The molecule has 0 radical (unpaired) electrons. The Morgan fingerprint density at radius 2 is 2.54 bits per heavy atom. The molecule has 2 fully saturated rings. The first-order chi connectivity index (χ1) is 6.33. The summed E-state index contributed by atoms with van der Waals surface area (Å²) in [5.74, 6) is 0. The highest BCUT2D eigenvalue weighted by atomic mass is 16.6. The molecule has 0 saturated carbocycles. The Kier molecular flexibility index (Phi) is 2.40. The molecule has 74 valence electrons. The molecule has 4 heteroatoms. The number of carbonyl (C=O) groups is 1. The zero-order valence-electron chi connectivity index (χ0n) is 7.95. The summed E-state index contributed by atoms with van der Waals surface area (Å²) in [6.45, 7) is 4.75. The minimum absolute atomic E-state index is 0.124. The predicted molar refractivity (Wildman–Crippen MR) is 48.5 cm³/mol. The van der Waals surface area contributed by atoms with Gasteiger partial charge in [-0.2, -0.15) is 0 Å². The van der Waals surface area contributed by atoms with Crippen LogP contribution in [0.1, 0.15) is 19.8 Å². The lowest BCUT2D eigenvalue weighted by atomic mass is 10.0. The second-order valence-electron chi connectivity index (χ2n) is 3.68. The van der Waals surface area contributed by atoms with Gasteiger partial charge in [-0.15, -0.1) is 0 Å². The number of hydrogen-bond acceptors (Lipinski definition) is 3. The zero-order chi connectivity index (χ0) is 9.26. The highest BCUT2D eigenvalue weighted by molar-refractivity contribution is 5.70. The Labute approximate surface area is 78.2 Å². The molecule has 2 rings (SSSR count). The van der Waals surface area contributed by atoms with Gasteiger partial charge in [-0.3, -0.25) is 0 Å². The van der Waals surface area contributed by atoms with Crippen molar-refractivity contribution in [3.8, 4) is 0 Å². The molecular formula is C9H16N2O2. The highest BCUT2D eigenvalue weighted by Crippen LogP contribution is 2.23. The van der Waals surface area contributed by atoms with E-state index < -0.39 is 0 Å². The van der Waals surface area contributed by atoms with Gasteiger partial charge >= 0.3 is 6.09 Å². The third kappa shape index (κ3) is 1.50. The molecule has 0 aromatic heterocycles. The lowest BCUT2D eigenvalue weighted by molar-refractivity contribution is 0.117. The molecule has 1 N–H and O–H groups in total. The van der Waals surface area contributed by atoms with E-state index in [2.05, 4.69) is 12.2 Å². The van der Waals surface area contributed by atoms with Crippen LogP contribution in [0.2, 0.25) is 0 Å². The zero-order valence-corrected chi connectivity index (χ0v) is 7.95. The van der Waals surface area contributed by atoms with E-state index in [0.29, 0.717) is 0 Å². The summed E-state index contributed by atoms with van der Waals surface area (Å²) >= 11 is 0. The molecule has 13 heavy (non-hydrogen) atoms. The summed E-state index contributed by atoms with van der Waals surface area (Å²) in [6.07, 6.45) is 1.97. The summed E-state index contributed by atoms with van der Waals surface area (Å²) in [5.41, 5.74) is 0. The number of rotatable bonds is 2. The van der Waals surface area contributed by atoms with Gasteiger partial charge in [0.05, 0.1) is 6.04 Å². The predicted octanol–water partition coefficient (Wildman–Crippen LogP) is 0.579. The van der Waals surface area contributed by atoms with Crippen molar-refractivity contribution in [2.45, 2.75) is 31.9 Å². The summed E-state index contributed by atoms with van der Waals surface area (Å²) in [5, 5.41) is 3.29. The maximum Gasteiger partial charge on any atom is 0.410 e. The molecule has 2 aliphatic heterocycles. The molecule has 1 amide bonds. The van der Waals surface area contributed by atoms with Crippen molar-refractivity contribution in [1.29, 1.82) is 0 Å². The number of carbonyl (C=O) groups excluding carboxylic acids is 1. The lowest BCUT2D eigenvalue weighted by Crippen LogP contribution is -2.48. The van der Waals surface area contributed by atoms with Gasteiger partial charge < -0.3 is 15.0 Å². The number of ether oxygens (including phenoxy) is 1. The van der Waals surface area contributed by atoms with Gasteiger partial charge in [0, 0.05) is 13.1 Å². The molecule has 4 nitrogen and oxygen atoms in total. The van der Waals surface area contributed by atoms with Crippen LogP contribution in [-0.4, -0.2) is 42.8 Å². The maximum absolute atomic E-state index is 11.4. The van der Waals surface area contributed by atoms with Gasteiger partial charge in [0.25, 0.3) is 0 Å². The van der Waals surface area contributed by atoms with Gasteiger partial charge in [-0.1, -0.05) is 6.92 Å². The van der Waals surface area contributed by atoms with Crippen molar-refractivity contribution in [1.82, 2.24) is 10.2 Å². The fraction of sp³-hybridized carbons (Fsp3) is 0.889. The van der Waals surface area contributed by atoms with Gasteiger partial charge in [-0.05, 0) is 19.4 Å². The van der Waals surface area contributed by atoms with E-state index in [1.54, 1.807) is 0 Å². The van der Waals surface area contributed by atoms with Gasteiger partial charge in [0.2, 0.25) is 0 Å². The van der Waals surface area contributed by atoms with E-state index in [0.717, 1.165) is 32.5 Å². The van der Waals surface area contributed by atoms with Gasteiger partial charge in [0.1, 0.15) is 6.10 Å². The summed E-state index contributed by atoms with van der Waals surface area (Å²) < 4.78 is 5.28. The second kappa shape index (κ2) is 3.54. The monoisotopic (exact) mass is 184 g/mol. The largest absolute Gasteiger partial charge is 0.444 e. The van der Waals surface area contributed by atoms with Crippen LogP contribution >= 0.6 is 0 Å². The smallest absolute Gasteiger partial charge is 0.410 e. The topological polar surface area (TPSA) is 41.6 Å². The van der Waals surface area contributed by atoms with Crippen LogP contribution in [0.25, 0.3) is 0 Å².